The molecule has 1 aromatic carbocycles. The lowest BCUT2D eigenvalue weighted by molar-refractivity contribution is -0.144. The van der Waals surface area contributed by atoms with Gasteiger partial charge in [-0.25, -0.2) is 4.79 Å². The summed E-state index contributed by atoms with van der Waals surface area (Å²) in [6.45, 7) is 4.23. The second kappa shape index (κ2) is 20.7. The van der Waals surface area contributed by atoms with Crippen LogP contribution in [0.1, 0.15) is 126 Å². The average molecular weight is 696 g/mol. The van der Waals surface area contributed by atoms with Crippen LogP contribution in [0.2, 0.25) is 0 Å². The molecule has 9 nitrogen and oxygen atoms in total. The van der Waals surface area contributed by atoms with Gasteiger partial charge in [0.2, 0.25) is 17.7 Å². The van der Waals surface area contributed by atoms with Gasteiger partial charge in [-0.2, -0.15) is 26.3 Å². The Labute approximate surface area is 277 Å². The highest BCUT2D eigenvalue weighted by Gasteiger charge is 2.43. The van der Waals surface area contributed by atoms with E-state index in [9.17, 15) is 50.3 Å². The minimum atomic E-state index is -5.34. The molecule has 0 saturated heterocycles. The van der Waals surface area contributed by atoms with Crippen molar-refractivity contribution in [3.05, 3.63) is 34.9 Å². The molecule has 48 heavy (non-hydrogen) atoms. The van der Waals surface area contributed by atoms with Gasteiger partial charge in [-0.05, 0) is 37.3 Å². The molecule has 0 aromatic heterocycles. The molecular formula is C33H47F6N3O6. The van der Waals surface area contributed by atoms with Crippen LogP contribution < -0.4 is 16.4 Å². The van der Waals surface area contributed by atoms with Crippen LogP contribution in [0.4, 0.5) is 26.3 Å². The van der Waals surface area contributed by atoms with Crippen molar-refractivity contribution in [2.24, 2.45) is 11.7 Å². The monoisotopic (exact) mass is 695 g/mol. The number of nitrogens with two attached hydrogens (primary N) is 1. The predicted octanol–water partition coefficient (Wildman–Crippen LogP) is 6.65. The van der Waals surface area contributed by atoms with E-state index in [4.69, 9.17) is 5.73 Å². The Hall–Kier alpha value is -3.65. The highest BCUT2D eigenvalue weighted by Crippen LogP contribution is 2.39. The fourth-order valence-corrected chi connectivity index (χ4v) is 4.99. The summed E-state index contributed by atoms with van der Waals surface area (Å²) in [5, 5.41) is 4.95. The molecule has 0 aliphatic carbocycles. The summed E-state index contributed by atoms with van der Waals surface area (Å²) in [5.74, 6) is -5.39. The zero-order valence-corrected chi connectivity index (χ0v) is 27.7. The first-order valence-corrected chi connectivity index (χ1v) is 16.2. The summed E-state index contributed by atoms with van der Waals surface area (Å²) in [4.78, 5) is 62.8. The van der Waals surface area contributed by atoms with E-state index in [1.807, 2.05) is 0 Å². The van der Waals surface area contributed by atoms with Gasteiger partial charge >= 0.3 is 18.3 Å². The lowest BCUT2D eigenvalue weighted by Crippen LogP contribution is -2.52. The zero-order chi connectivity index (χ0) is 36.5. The Morgan fingerprint density at radius 1 is 0.771 bits per heavy atom. The first-order valence-electron chi connectivity index (χ1n) is 16.2. The van der Waals surface area contributed by atoms with Gasteiger partial charge in [-0.3, -0.25) is 19.2 Å². The third-order valence-electron chi connectivity index (χ3n) is 7.48. The van der Waals surface area contributed by atoms with Crippen molar-refractivity contribution in [3.63, 3.8) is 0 Å². The number of alkyl halides is 6. The standard InChI is InChI=1S/C33H47F6N3O6/c1-4-5-6-7-8-9-10-11-12-16-28(45)41-24(17-18-27(40)44)30(46)42-25(19-21(2)3)26(43)20-48-31(47)29-22(32(34,35)36)14-13-15-23(29)33(37,38)39/h13-15,21,24-25H,4-12,16-20H2,1-3H3,(H2,40,44)(H,41,45)(H,42,46)/t24-,25-/m0/s1. The summed E-state index contributed by atoms with van der Waals surface area (Å²) < 4.78 is 85.6. The molecular weight excluding hydrogens is 648 g/mol. The number of hydrogen-bond donors (Lipinski definition) is 3. The van der Waals surface area contributed by atoms with E-state index in [2.05, 4.69) is 22.3 Å². The normalized spacial score (nSPS) is 13.1. The Balaban J connectivity index is 2.95. The predicted molar refractivity (Wildman–Crippen MR) is 165 cm³/mol. The molecule has 0 heterocycles. The van der Waals surface area contributed by atoms with E-state index in [1.54, 1.807) is 13.8 Å². The second-order valence-electron chi connectivity index (χ2n) is 12.2. The maximum Gasteiger partial charge on any atom is 0.417 e. The van der Waals surface area contributed by atoms with Gasteiger partial charge in [-0.1, -0.05) is 78.2 Å². The molecule has 272 valence electrons. The summed E-state index contributed by atoms with van der Waals surface area (Å²) in [7, 11) is 0. The highest BCUT2D eigenvalue weighted by atomic mass is 19.4. The molecule has 0 bridgehead atoms. The van der Waals surface area contributed by atoms with Crippen molar-refractivity contribution in [1.29, 1.82) is 0 Å². The van der Waals surface area contributed by atoms with E-state index >= 15 is 0 Å². The number of ether oxygens (including phenoxy) is 1. The Bertz CT molecular complexity index is 1190. The Morgan fingerprint density at radius 2 is 1.29 bits per heavy atom. The third kappa shape index (κ3) is 16.0. The lowest BCUT2D eigenvalue weighted by atomic mass is 9.99. The van der Waals surface area contributed by atoms with Gasteiger partial charge in [0.05, 0.1) is 22.7 Å². The number of benzene rings is 1. The van der Waals surface area contributed by atoms with Crippen molar-refractivity contribution in [3.8, 4) is 0 Å². The fraction of sp³-hybridized carbons (Fsp3) is 0.667. The molecule has 0 saturated carbocycles. The molecule has 0 radical (unpaired) electrons. The van der Waals surface area contributed by atoms with Crippen LogP contribution in [0.3, 0.4) is 0 Å². The van der Waals surface area contributed by atoms with Crippen molar-refractivity contribution in [2.75, 3.05) is 6.61 Å². The van der Waals surface area contributed by atoms with Crippen molar-refractivity contribution >= 4 is 29.5 Å². The molecule has 1 rings (SSSR count). The topological polar surface area (TPSA) is 145 Å². The zero-order valence-electron chi connectivity index (χ0n) is 27.7. The van der Waals surface area contributed by atoms with Gasteiger partial charge in [0.25, 0.3) is 0 Å². The number of ketones is 1. The number of rotatable bonds is 22. The number of hydrogen-bond acceptors (Lipinski definition) is 6. The van der Waals surface area contributed by atoms with Crippen LogP contribution in [0.15, 0.2) is 18.2 Å². The molecule has 0 spiro atoms. The number of unbranched alkanes of at least 4 members (excludes halogenated alkanes) is 8. The number of nitrogens with one attached hydrogen (secondary N) is 2. The quantitative estimate of drug-likeness (QED) is 0.0704. The van der Waals surface area contributed by atoms with Crippen LogP contribution in [0.5, 0.6) is 0 Å². The average Bonchev–Trinajstić information content (AvgIpc) is 2.98. The molecule has 0 unspecified atom stereocenters. The molecule has 0 aliphatic heterocycles. The van der Waals surface area contributed by atoms with Crippen molar-refractivity contribution in [1.82, 2.24) is 10.6 Å². The van der Waals surface area contributed by atoms with Crippen LogP contribution in [-0.2, 0) is 36.3 Å². The van der Waals surface area contributed by atoms with Gasteiger partial charge in [0.1, 0.15) is 6.04 Å². The maximum atomic E-state index is 13.5. The van der Waals surface area contributed by atoms with Crippen molar-refractivity contribution < 1.29 is 55.1 Å². The van der Waals surface area contributed by atoms with Gasteiger partial charge in [-0.15, -0.1) is 0 Å². The smallest absolute Gasteiger partial charge is 0.417 e. The number of carbonyl (C=O) groups is 5. The van der Waals surface area contributed by atoms with Gasteiger partial charge in [0.15, 0.2) is 12.4 Å². The number of esters is 1. The van der Waals surface area contributed by atoms with Crippen molar-refractivity contribution in [2.45, 2.75) is 129 Å². The third-order valence-corrected chi connectivity index (χ3v) is 7.48. The minimum absolute atomic E-state index is 0.0516. The van der Waals surface area contributed by atoms with E-state index in [0.717, 1.165) is 32.1 Å². The fourth-order valence-electron chi connectivity index (χ4n) is 4.99. The van der Waals surface area contributed by atoms with Crippen LogP contribution in [0, 0.1) is 5.92 Å². The Morgan fingerprint density at radius 3 is 1.77 bits per heavy atom. The molecule has 1 aromatic rings. The van der Waals surface area contributed by atoms with Crippen LogP contribution in [0.25, 0.3) is 0 Å². The Kier molecular flexibility index (Phi) is 18.2. The number of halogens is 6. The number of Topliss-reactive ketones (excluding diaryl/α,β-unsaturated/α-hetero) is 1. The maximum absolute atomic E-state index is 13.5. The molecule has 15 heteroatoms. The second-order valence-corrected chi connectivity index (χ2v) is 12.2. The summed E-state index contributed by atoms with van der Waals surface area (Å²) >= 11 is 0. The van der Waals surface area contributed by atoms with Gasteiger partial charge in [0, 0.05) is 12.8 Å². The largest absolute Gasteiger partial charge is 0.454 e. The SMILES string of the molecule is CCCCCCCCCCCC(=O)N[C@@H](CCC(N)=O)C(=O)N[C@@H](CC(C)C)C(=O)COC(=O)c1c(C(F)(F)F)cccc1C(F)(F)F. The summed E-state index contributed by atoms with van der Waals surface area (Å²) in [5.41, 5.74) is -0.362. The molecule has 0 aliphatic rings. The number of amides is 3. The lowest BCUT2D eigenvalue weighted by Gasteiger charge is -2.24. The summed E-state index contributed by atoms with van der Waals surface area (Å²) in [6, 6.07) is -1.61. The minimum Gasteiger partial charge on any atom is -0.454 e. The molecule has 4 N–H and O–H groups in total. The summed E-state index contributed by atoms with van der Waals surface area (Å²) in [6.07, 6.45) is -1.88. The number of carbonyl (C=O) groups excluding carboxylic acids is 5. The van der Waals surface area contributed by atoms with E-state index in [-0.39, 0.29) is 43.7 Å². The molecule has 3 amide bonds. The van der Waals surface area contributed by atoms with Crippen LogP contribution in [-0.4, -0.2) is 48.2 Å². The van der Waals surface area contributed by atoms with E-state index in [0.29, 0.717) is 12.5 Å². The first-order chi connectivity index (χ1) is 22.4. The highest BCUT2D eigenvalue weighted by molar-refractivity contribution is 5.97. The molecule has 0 fully saturated rings. The molecule has 2 atom stereocenters. The van der Waals surface area contributed by atoms with Crippen LogP contribution >= 0.6 is 0 Å². The first kappa shape index (κ1) is 42.4. The number of primary amides is 1. The van der Waals surface area contributed by atoms with E-state index in [1.165, 1.54) is 19.3 Å². The van der Waals surface area contributed by atoms with E-state index < -0.39 is 77.2 Å². The van der Waals surface area contributed by atoms with Gasteiger partial charge < -0.3 is 21.1 Å².